The predicted octanol–water partition coefficient (Wildman–Crippen LogP) is 18.3. The lowest BCUT2D eigenvalue weighted by molar-refractivity contribution is 0.768. The molecule has 1 aliphatic carbocycles. The molecule has 0 radical (unpaired) electrons. The summed E-state index contributed by atoms with van der Waals surface area (Å²) in [7, 11) is 0. The van der Waals surface area contributed by atoms with Gasteiger partial charge in [-0.2, -0.15) is 0 Å². The monoisotopic (exact) mass is 908 g/mol. The fourth-order valence-corrected chi connectivity index (χ4v) is 12.8. The van der Waals surface area contributed by atoms with Crippen molar-refractivity contribution in [3.8, 4) is 39.1 Å². The molecule has 0 bridgehead atoms. The van der Waals surface area contributed by atoms with Gasteiger partial charge in [-0.3, -0.25) is 0 Å². The highest BCUT2D eigenvalue weighted by atomic mass is 32.1. The van der Waals surface area contributed by atoms with E-state index in [-0.39, 0.29) is 0 Å². The standard InChI is InChI=1S/C67H44N2S/c1-3-20-48(21-4-1)67(49-22-5-2-6-23-49)60-29-12-7-25-54(60)55-40-38-51(43-61(55)67)68(52-39-41-59-58-28-11-16-33-65(58)70-66(59)44-52)50-36-34-45(35-37-50)46-18-17-19-47(42-46)53-24-8-13-30-62(53)69-63-31-14-9-26-56(63)57-27-10-15-32-64(57)69/h1-44H. The number of aromatic nitrogens is 1. The van der Waals surface area contributed by atoms with Crippen LogP contribution >= 0.6 is 11.3 Å². The SMILES string of the molecule is c1ccc(C2(c3ccccc3)c3ccccc3-c3ccc(N(c4ccc(-c5cccc(-c6ccccc6-n6c7ccccc7c7ccccc76)c5)cc4)c4ccc5c(c4)sc4ccccc45)cc32)cc1. The van der Waals surface area contributed by atoms with Crippen molar-refractivity contribution in [1.82, 2.24) is 4.57 Å². The highest BCUT2D eigenvalue weighted by Crippen LogP contribution is 2.57. The van der Waals surface area contributed by atoms with Crippen molar-refractivity contribution >= 4 is 70.4 Å². The summed E-state index contributed by atoms with van der Waals surface area (Å²) in [5.41, 5.74) is 18.7. The molecule has 2 heterocycles. The first kappa shape index (κ1) is 40.3. The van der Waals surface area contributed by atoms with Gasteiger partial charge in [0.1, 0.15) is 0 Å². The van der Waals surface area contributed by atoms with E-state index in [1.807, 2.05) is 11.3 Å². The van der Waals surface area contributed by atoms with Gasteiger partial charge in [0, 0.05) is 53.6 Å². The molecule has 0 fully saturated rings. The molecule has 70 heavy (non-hydrogen) atoms. The fourth-order valence-electron chi connectivity index (χ4n) is 11.6. The third-order valence-corrected chi connectivity index (χ3v) is 15.8. The van der Waals surface area contributed by atoms with Gasteiger partial charge < -0.3 is 9.47 Å². The van der Waals surface area contributed by atoms with E-state index in [0.29, 0.717) is 0 Å². The highest BCUT2D eigenvalue weighted by Gasteiger charge is 2.46. The van der Waals surface area contributed by atoms with Gasteiger partial charge in [-0.25, -0.2) is 0 Å². The Kier molecular flexibility index (Phi) is 9.33. The maximum absolute atomic E-state index is 2.47. The fraction of sp³-hybridized carbons (Fsp3) is 0.0149. The second-order valence-electron chi connectivity index (χ2n) is 18.4. The number of anilines is 3. The molecular formula is C67H44N2S. The summed E-state index contributed by atoms with van der Waals surface area (Å²) >= 11 is 1.86. The number of hydrogen-bond acceptors (Lipinski definition) is 2. The van der Waals surface area contributed by atoms with Crippen LogP contribution in [-0.4, -0.2) is 4.57 Å². The molecule has 0 atom stereocenters. The summed E-state index contributed by atoms with van der Waals surface area (Å²) in [6.07, 6.45) is 0. The molecule has 328 valence electrons. The molecule has 0 saturated heterocycles. The molecule has 2 nitrogen and oxygen atoms in total. The summed E-state index contributed by atoms with van der Waals surface area (Å²) in [6.45, 7) is 0. The zero-order valence-corrected chi connectivity index (χ0v) is 39.0. The Morgan fingerprint density at radius 1 is 0.314 bits per heavy atom. The van der Waals surface area contributed by atoms with Crippen LogP contribution in [0.1, 0.15) is 22.3 Å². The van der Waals surface area contributed by atoms with Crippen LogP contribution in [0.15, 0.2) is 267 Å². The number of para-hydroxylation sites is 3. The number of rotatable bonds is 8. The van der Waals surface area contributed by atoms with Crippen LogP contribution in [0.2, 0.25) is 0 Å². The molecule has 0 N–H and O–H groups in total. The van der Waals surface area contributed by atoms with E-state index < -0.39 is 5.41 Å². The second kappa shape index (κ2) is 16.2. The van der Waals surface area contributed by atoms with Crippen LogP contribution in [0.4, 0.5) is 17.1 Å². The summed E-state index contributed by atoms with van der Waals surface area (Å²) in [5, 5.41) is 5.11. The average Bonchev–Trinajstić information content (AvgIpc) is 4.08. The molecule has 14 rings (SSSR count). The second-order valence-corrected chi connectivity index (χ2v) is 19.5. The molecule has 2 aromatic heterocycles. The van der Waals surface area contributed by atoms with Crippen molar-refractivity contribution < 1.29 is 0 Å². The van der Waals surface area contributed by atoms with Crippen LogP contribution in [-0.2, 0) is 5.41 Å². The van der Waals surface area contributed by atoms with Crippen LogP contribution in [0.3, 0.4) is 0 Å². The van der Waals surface area contributed by atoms with Gasteiger partial charge in [0.05, 0.1) is 22.1 Å². The normalized spacial score (nSPS) is 12.7. The van der Waals surface area contributed by atoms with Crippen molar-refractivity contribution in [2.45, 2.75) is 5.41 Å². The highest BCUT2D eigenvalue weighted by molar-refractivity contribution is 7.25. The van der Waals surface area contributed by atoms with Gasteiger partial charge in [0.25, 0.3) is 0 Å². The van der Waals surface area contributed by atoms with E-state index >= 15 is 0 Å². The Morgan fingerprint density at radius 2 is 0.857 bits per heavy atom. The lowest BCUT2D eigenvalue weighted by Gasteiger charge is -2.35. The molecular weight excluding hydrogens is 865 g/mol. The molecule has 13 aromatic rings. The van der Waals surface area contributed by atoms with E-state index in [4.69, 9.17) is 0 Å². The number of hydrogen-bond donors (Lipinski definition) is 0. The van der Waals surface area contributed by atoms with Gasteiger partial charge in [-0.05, 0) is 117 Å². The van der Waals surface area contributed by atoms with Crippen molar-refractivity contribution in [3.05, 3.63) is 289 Å². The summed E-state index contributed by atoms with van der Waals surface area (Å²) in [4.78, 5) is 2.45. The van der Waals surface area contributed by atoms with Crippen LogP contribution < -0.4 is 4.90 Å². The molecule has 0 saturated carbocycles. The number of thiophene rings is 1. The molecule has 0 spiro atoms. The van der Waals surface area contributed by atoms with Crippen LogP contribution in [0.25, 0.3) is 81.0 Å². The average molecular weight is 909 g/mol. The van der Waals surface area contributed by atoms with E-state index in [9.17, 15) is 0 Å². The van der Waals surface area contributed by atoms with Crippen molar-refractivity contribution in [2.24, 2.45) is 0 Å². The van der Waals surface area contributed by atoms with Gasteiger partial charge in [-0.1, -0.05) is 200 Å². The predicted molar refractivity (Wildman–Crippen MR) is 297 cm³/mol. The lowest BCUT2D eigenvalue weighted by atomic mass is 9.67. The molecule has 0 aliphatic heterocycles. The first-order valence-corrected chi connectivity index (χ1v) is 24.9. The first-order chi connectivity index (χ1) is 34.7. The van der Waals surface area contributed by atoms with Crippen LogP contribution in [0.5, 0.6) is 0 Å². The molecule has 3 heteroatoms. The van der Waals surface area contributed by atoms with E-state index in [1.54, 1.807) is 0 Å². The van der Waals surface area contributed by atoms with Gasteiger partial charge in [0.2, 0.25) is 0 Å². The Morgan fingerprint density at radius 3 is 1.60 bits per heavy atom. The van der Waals surface area contributed by atoms with E-state index in [0.717, 1.165) is 22.6 Å². The lowest BCUT2D eigenvalue weighted by Crippen LogP contribution is -2.28. The summed E-state index contributed by atoms with van der Waals surface area (Å²) in [5.74, 6) is 0. The molecule has 1 aliphatic rings. The topological polar surface area (TPSA) is 8.17 Å². The van der Waals surface area contributed by atoms with Crippen molar-refractivity contribution in [2.75, 3.05) is 4.90 Å². The zero-order chi connectivity index (χ0) is 46.2. The minimum atomic E-state index is -0.513. The Balaban J connectivity index is 0.914. The zero-order valence-electron chi connectivity index (χ0n) is 38.2. The molecule has 11 aromatic carbocycles. The first-order valence-electron chi connectivity index (χ1n) is 24.1. The molecule has 0 amide bonds. The largest absolute Gasteiger partial charge is 0.310 e. The smallest absolute Gasteiger partial charge is 0.0714 e. The Bertz CT molecular complexity index is 4030. The minimum Gasteiger partial charge on any atom is -0.310 e. The number of benzene rings is 11. The van der Waals surface area contributed by atoms with Gasteiger partial charge >= 0.3 is 0 Å². The van der Waals surface area contributed by atoms with E-state index in [1.165, 1.54) is 97.7 Å². The van der Waals surface area contributed by atoms with E-state index in [2.05, 4.69) is 276 Å². The summed E-state index contributed by atoms with van der Waals surface area (Å²) < 4.78 is 5.00. The maximum Gasteiger partial charge on any atom is 0.0714 e. The van der Waals surface area contributed by atoms with Crippen molar-refractivity contribution in [3.63, 3.8) is 0 Å². The third-order valence-electron chi connectivity index (χ3n) is 14.7. The number of nitrogens with zero attached hydrogens (tertiary/aromatic N) is 2. The van der Waals surface area contributed by atoms with Crippen molar-refractivity contribution in [1.29, 1.82) is 0 Å². The maximum atomic E-state index is 2.47. The Labute approximate surface area is 411 Å². The van der Waals surface area contributed by atoms with Crippen LogP contribution in [0, 0.1) is 0 Å². The van der Waals surface area contributed by atoms with Gasteiger partial charge in [0.15, 0.2) is 0 Å². The minimum absolute atomic E-state index is 0.513. The Hall–Kier alpha value is -8.76. The third kappa shape index (κ3) is 6.19. The quantitative estimate of drug-likeness (QED) is 0.147. The number of fused-ring (bicyclic) bond motifs is 9. The summed E-state index contributed by atoms with van der Waals surface area (Å²) in [6, 6.07) is 98.6. The molecule has 0 unspecified atom stereocenters. The van der Waals surface area contributed by atoms with Gasteiger partial charge in [-0.15, -0.1) is 11.3 Å².